The number of amides is 1. The molecule has 1 unspecified atom stereocenters. The van der Waals surface area contributed by atoms with Crippen molar-refractivity contribution in [1.29, 1.82) is 0 Å². The molecule has 3 N–H and O–H groups in total. The molecule has 3 nitrogen and oxygen atoms in total. The highest BCUT2D eigenvalue weighted by Gasteiger charge is 2.24. The molecule has 1 atom stereocenters. The first-order valence-corrected chi connectivity index (χ1v) is 7.07. The number of hydrogen-bond acceptors (Lipinski definition) is 2. The lowest BCUT2D eigenvalue weighted by molar-refractivity contribution is 0.0914. The van der Waals surface area contributed by atoms with Gasteiger partial charge in [0, 0.05) is 24.2 Å². The van der Waals surface area contributed by atoms with E-state index in [0.29, 0.717) is 12.5 Å². The lowest BCUT2D eigenvalue weighted by atomic mass is 9.84. The molecule has 1 fully saturated rings. The predicted octanol–water partition coefficient (Wildman–Crippen LogP) is 3.02. The van der Waals surface area contributed by atoms with Gasteiger partial charge in [-0.2, -0.15) is 0 Å². The van der Waals surface area contributed by atoms with Gasteiger partial charge < -0.3 is 11.1 Å². The van der Waals surface area contributed by atoms with E-state index in [1.807, 2.05) is 0 Å². The number of carbonyl (C=O) groups is 1. The summed E-state index contributed by atoms with van der Waals surface area (Å²) in [6.45, 7) is 0.341. The number of hydrogen-bond donors (Lipinski definition) is 2. The highest BCUT2D eigenvalue weighted by Crippen LogP contribution is 2.26. The Morgan fingerprint density at radius 1 is 1.19 bits per heavy atom. The number of benzene rings is 1. The lowest BCUT2D eigenvalue weighted by Crippen LogP contribution is -2.45. The topological polar surface area (TPSA) is 55.1 Å². The van der Waals surface area contributed by atoms with Crippen LogP contribution < -0.4 is 11.1 Å². The molecule has 2 rings (SSSR count). The summed E-state index contributed by atoms with van der Waals surface area (Å²) >= 11 is 0. The van der Waals surface area contributed by atoms with Crippen molar-refractivity contribution in [1.82, 2.24) is 5.32 Å². The van der Waals surface area contributed by atoms with Crippen LogP contribution in [0.1, 0.15) is 42.5 Å². The van der Waals surface area contributed by atoms with E-state index < -0.39 is 17.5 Å². The van der Waals surface area contributed by atoms with Crippen LogP contribution in [0.25, 0.3) is 0 Å². The maximum Gasteiger partial charge on any atom is 0.251 e. The predicted molar refractivity (Wildman–Crippen MR) is 80.5 cm³/mol. The fourth-order valence-electron chi connectivity index (χ4n) is 2.84. The summed E-state index contributed by atoms with van der Waals surface area (Å²) in [5.41, 5.74) is 5.72. The van der Waals surface area contributed by atoms with Crippen LogP contribution in [0, 0.1) is 17.6 Å². The summed E-state index contributed by atoms with van der Waals surface area (Å²) in [7, 11) is 0. The normalized spacial score (nSPS) is 16.9. The minimum atomic E-state index is -0.753. The second kappa shape index (κ2) is 8.29. The number of rotatable bonds is 4. The SMILES string of the molecule is Cl.NCC(NC(=O)c1cc(F)cc(F)c1)C1CCCCC1. The van der Waals surface area contributed by atoms with E-state index in [-0.39, 0.29) is 24.0 Å². The Labute approximate surface area is 129 Å². The quantitative estimate of drug-likeness (QED) is 0.896. The van der Waals surface area contributed by atoms with Crippen molar-refractivity contribution in [2.45, 2.75) is 38.1 Å². The molecule has 21 heavy (non-hydrogen) atoms. The lowest BCUT2D eigenvalue weighted by Gasteiger charge is -2.30. The first-order valence-electron chi connectivity index (χ1n) is 7.07. The van der Waals surface area contributed by atoms with Crippen molar-refractivity contribution < 1.29 is 13.6 Å². The molecule has 1 aliphatic carbocycles. The minimum Gasteiger partial charge on any atom is -0.348 e. The van der Waals surface area contributed by atoms with Crippen molar-refractivity contribution in [3.8, 4) is 0 Å². The van der Waals surface area contributed by atoms with Crippen LogP contribution in [0.4, 0.5) is 8.78 Å². The molecule has 1 aromatic carbocycles. The van der Waals surface area contributed by atoms with Gasteiger partial charge in [-0.1, -0.05) is 19.3 Å². The minimum absolute atomic E-state index is 0. The number of nitrogens with two attached hydrogens (primary N) is 1. The van der Waals surface area contributed by atoms with Crippen LogP contribution in [0.15, 0.2) is 18.2 Å². The van der Waals surface area contributed by atoms with Crippen molar-refractivity contribution in [3.05, 3.63) is 35.4 Å². The van der Waals surface area contributed by atoms with E-state index >= 15 is 0 Å². The summed E-state index contributed by atoms with van der Waals surface area (Å²) in [5.74, 6) is -1.62. The van der Waals surface area contributed by atoms with E-state index in [1.54, 1.807) is 0 Å². The maximum absolute atomic E-state index is 13.1. The van der Waals surface area contributed by atoms with E-state index in [4.69, 9.17) is 5.73 Å². The zero-order valence-electron chi connectivity index (χ0n) is 11.8. The highest BCUT2D eigenvalue weighted by molar-refractivity contribution is 5.94. The molecule has 0 spiro atoms. The van der Waals surface area contributed by atoms with Gasteiger partial charge in [-0.15, -0.1) is 12.4 Å². The van der Waals surface area contributed by atoms with Gasteiger partial charge in [-0.3, -0.25) is 4.79 Å². The molecule has 1 aliphatic rings. The molecule has 1 saturated carbocycles. The molecule has 0 heterocycles. The Morgan fingerprint density at radius 3 is 2.29 bits per heavy atom. The molecular formula is C15H21ClF2N2O. The summed E-state index contributed by atoms with van der Waals surface area (Å²) in [5, 5.41) is 2.81. The van der Waals surface area contributed by atoms with Gasteiger partial charge in [0.1, 0.15) is 11.6 Å². The third-order valence-corrected chi connectivity index (χ3v) is 3.91. The van der Waals surface area contributed by atoms with E-state index in [0.717, 1.165) is 43.9 Å². The van der Waals surface area contributed by atoms with Gasteiger partial charge in [0.2, 0.25) is 0 Å². The zero-order chi connectivity index (χ0) is 14.5. The number of nitrogens with one attached hydrogen (secondary N) is 1. The van der Waals surface area contributed by atoms with Crippen molar-refractivity contribution in [3.63, 3.8) is 0 Å². The molecule has 118 valence electrons. The van der Waals surface area contributed by atoms with Crippen LogP contribution >= 0.6 is 12.4 Å². The average Bonchev–Trinajstić information content (AvgIpc) is 2.44. The van der Waals surface area contributed by atoms with Gasteiger partial charge in [-0.25, -0.2) is 8.78 Å². The highest BCUT2D eigenvalue weighted by atomic mass is 35.5. The number of carbonyl (C=O) groups excluding carboxylic acids is 1. The Hall–Kier alpha value is -1.20. The summed E-state index contributed by atoms with van der Waals surface area (Å²) < 4.78 is 26.2. The maximum atomic E-state index is 13.1. The molecule has 0 saturated heterocycles. The largest absolute Gasteiger partial charge is 0.348 e. The van der Waals surface area contributed by atoms with E-state index in [1.165, 1.54) is 6.42 Å². The third-order valence-electron chi connectivity index (χ3n) is 3.91. The number of halogens is 3. The zero-order valence-corrected chi connectivity index (χ0v) is 12.6. The van der Waals surface area contributed by atoms with Gasteiger partial charge >= 0.3 is 0 Å². The van der Waals surface area contributed by atoms with Crippen LogP contribution in [-0.2, 0) is 0 Å². The summed E-state index contributed by atoms with van der Waals surface area (Å²) in [6, 6.07) is 2.69. The first kappa shape index (κ1) is 17.9. The third kappa shape index (κ3) is 4.93. The van der Waals surface area contributed by atoms with E-state index in [9.17, 15) is 13.6 Å². The molecule has 0 bridgehead atoms. The molecule has 0 radical (unpaired) electrons. The molecule has 1 amide bonds. The molecule has 0 aromatic heterocycles. The second-order valence-corrected chi connectivity index (χ2v) is 5.37. The molecule has 0 aliphatic heterocycles. The van der Waals surface area contributed by atoms with Crippen molar-refractivity contribution in [2.24, 2.45) is 11.7 Å². The van der Waals surface area contributed by atoms with Crippen LogP contribution in [-0.4, -0.2) is 18.5 Å². The second-order valence-electron chi connectivity index (χ2n) is 5.37. The Kier molecular flexibility index (Phi) is 7.05. The standard InChI is InChI=1S/C15H20F2N2O.ClH/c16-12-6-11(7-13(17)8-12)15(20)19-14(9-18)10-4-2-1-3-5-10;/h6-8,10,14H,1-5,9,18H2,(H,19,20);1H. The molecule has 6 heteroatoms. The molecule has 1 aromatic rings. The fourth-order valence-corrected chi connectivity index (χ4v) is 2.84. The van der Waals surface area contributed by atoms with Crippen molar-refractivity contribution >= 4 is 18.3 Å². The Bertz CT molecular complexity index is 458. The van der Waals surface area contributed by atoms with Gasteiger partial charge in [0.15, 0.2) is 0 Å². The summed E-state index contributed by atoms with van der Waals surface area (Å²) in [6.07, 6.45) is 5.59. The Morgan fingerprint density at radius 2 is 1.76 bits per heavy atom. The van der Waals surface area contributed by atoms with E-state index in [2.05, 4.69) is 5.32 Å². The monoisotopic (exact) mass is 318 g/mol. The van der Waals surface area contributed by atoms with Gasteiger partial charge in [-0.05, 0) is 30.9 Å². The molecular weight excluding hydrogens is 298 g/mol. The first-order chi connectivity index (χ1) is 9.60. The van der Waals surface area contributed by atoms with Crippen LogP contribution in [0.3, 0.4) is 0 Å². The van der Waals surface area contributed by atoms with Gasteiger partial charge in [0.05, 0.1) is 0 Å². The Balaban J connectivity index is 0.00000220. The van der Waals surface area contributed by atoms with Gasteiger partial charge in [0.25, 0.3) is 5.91 Å². The summed E-state index contributed by atoms with van der Waals surface area (Å²) in [4.78, 5) is 12.1. The fraction of sp³-hybridized carbons (Fsp3) is 0.533. The van der Waals surface area contributed by atoms with Crippen LogP contribution in [0.5, 0.6) is 0 Å². The smallest absolute Gasteiger partial charge is 0.251 e. The van der Waals surface area contributed by atoms with Crippen molar-refractivity contribution in [2.75, 3.05) is 6.54 Å². The average molecular weight is 319 g/mol. The van der Waals surface area contributed by atoms with Crippen LogP contribution in [0.2, 0.25) is 0 Å².